The van der Waals surface area contributed by atoms with Crippen LogP contribution in [0.15, 0.2) is 56.8 Å². The third kappa shape index (κ3) is 5.64. The summed E-state index contributed by atoms with van der Waals surface area (Å²) < 4.78 is 34.5. The molecule has 5 nitrogen and oxygen atoms in total. The second-order valence-corrected chi connectivity index (χ2v) is 16.7. The Morgan fingerprint density at radius 2 is 1.35 bits per heavy atom. The van der Waals surface area contributed by atoms with Crippen LogP contribution in [0, 0.1) is 33.6 Å². The molecular formula is C27H39N3O2STi. The van der Waals surface area contributed by atoms with Gasteiger partial charge in [-0.05, 0) is 0 Å². The van der Waals surface area contributed by atoms with Crippen molar-refractivity contribution < 1.29 is 25.3 Å². The van der Waals surface area contributed by atoms with Gasteiger partial charge in [-0.1, -0.05) is 0 Å². The summed E-state index contributed by atoms with van der Waals surface area (Å²) in [5.74, 6) is 0.274. The first-order valence-electron chi connectivity index (χ1n) is 11.5. The van der Waals surface area contributed by atoms with Crippen molar-refractivity contribution in [3.63, 3.8) is 0 Å². The molecule has 2 atom stereocenters. The van der Waals surface area contributed by atoms with Gasteiger partial charge in [0.15, 0.2) is 0 Å². The van der Waals surface area contributed by atoms with Crippen LogP contribution in [0.3, 0.4) is 0 Å². The molecule has 0 bridgehead atoms. The average molecular weight is 518 g/mol. The fraction of sp³-hybridized carbons (Fsp3) is 0.407. The van der Waals surface area contributed by atoms with Gasteiger partial charge in [0.05, 0.1) is 0 Å². The zero-order valence-electron chi connectivity index (χ0n) is 22.2. The summed E-state index contributed by atoms with van der Waals surface area (Å²) in [7, 11) is 3.37. The zero-order chi connectivity index (χ0) is 25.8. The number of fused-ring (bicyclic) bond motifs is 1. The first-order valence-corrected chi connectivity index (χ1v) is 16.1. The fourth-order valence-electron chi connectivity index (χ4n) is 4.98. The van der Waals surface area contributed by atoms with E-state index in [1.165, 1.54) is 22.8 Å². The van der Waals surface area contributed by atoms with E-state index in [1.807, 2.05) is 32.9 Å². The zero-order valence-corrected chi connectivity index (χ0v) is 24.6. The van der Waals surface area contributed by atoms with E-state index in [0.29, 0.717) is 4.90 Å². The molecule has 7 heteroatoms. The van der Waals surface area contributed by atoms with Crippen LogP contribution in [0.5, 0.6) is 0 Å². The molecule has 0 saturated heterocycles. The van der Waals surface area contributed by atoms with Crippen LogP contribution in [0.1, 0.15) is 36.1 Å². The summed E-state index contributed by atoms with van der Waals surface area (Å²) in [6.45, 7) is 12.2. The van der Waals surface area contributed by atoms with Crippen molar-refractivity contribution in [2.45, 2.75) is 46.4 Å². The molecule has 1 aliphatic carbocycles. The molecule has 0 amide bonds. The standard InChI is InChI=1S/C9H12NO2S.C7H9.C7H6.2C2H6N.Ti/c1-6-4-7(2)9(8(3)5-6)13(10,11)12;1-6-3-4-7(2)5-6;1-7-5-3-2-4-6-7;2*1-3-2;/h4-5H,1-3H3,(H-,10,11,12);3-4,6H,1-2H3;3,5-6H,1H3;2*1-2H3;/q-1;;;2*-1;+3. The molecule has 1 heterocycles. The van der Waals surface area contributed by atoms with Gasteiger partial charge >= 0.3 is 173 Å². The Kier molecular flexibility index (Phi) is 9.68. The molecule has 0 fully saturated rings. The Morgan fingerprint density at radius 1 is 0.824 bits per heavy atom. The number of nitrogens with zero attached hydrogens (tertiary/aromatic N) is 2. The van der Waals surface area contributed by atoms with Gasteiger partial charge < -0.3 is 10.6 Å². The molecule has 0 radical (unpaired) electrons. The molecule has 2 aromatic carbocycles. The van der Waals surface area contributed by atoms with Gasteiger partial charge in [-0.15, -0.1) is 0 Å². The van der Waals surface area contributed by atoms with Crippen LogP contribution in [-0.4, -0.2) is 36.6 Å². The molecule has 2 aliphatic rings. The molecule has 184 valence electrons. The first-order chi connectivity index (χ1) is 15.9. The van der Waals surface area contributed by atoms with E-state index in [9.17, 15) is 8.42 Å². The maximum atomic E-state index is 13.7. The summed E-state index contributed by atoms with van der Waals surface area (Å²) in [5.41, 5.74) is 5.12. The Balaban J connectivity index is 0.000000618. The molecule has 1 aliphatic heterocycles. The topological polar surface area (TPSA) is 74.4 Å². The van der Waals surface area contributed by atoms with E-state index in [2.05, 4.69) is 65.0 Å². The number of nitrogens with one attached hydrogen (secondary N) is 1. The molecule has 2 aromatic rings. The van der Waals surface area contributed by atoms with E-state index in [1.54, 1.807) is 28.2 Å². The van der Waals surface area contributed by atoms with Gasteiger partial charge in [-0.25, -0.2) is 0 Å². The van der Waals surface area contributed by atoms with Gasteiger partial charge in [0.2, 0.25) is 0 Å². The second-order valence-electron chi connectivity index (χ2n) is 9.27. The van der Waals surface area contributed by atoms with Crippen molar-refractivity contribution in [2.75, 3.05) is 28.2 Å². The van der Waals surface area contributed by atoms with Gasteiger partial charge in [-0.3, -0.25) is 0 Å². The number of allylic oxidation sites excluding steroid dienone is 4. The minimum absolute atomic E-state index is 0.274. The van der Waals surface area contributed by atoms with Crippen LogP contribution in [0.25, 0.3) is 10.6 Å². The molecule has 2 unspecified atom stereocenters. The summed E-state index contributed by atoms with van der Waals surface area (Å²) >= 11 is -3.27. The smallest absolute Gasteiger partial charge is 0.162 e. The van der Waals surface area contributed by atoms with Gasteiger partial charge in [0.25, 0.3) is 0 Å². The Morgan fingerprint density at radius 3 is 1.79 bits per heavy atom. The number of aryl methyl sites for hydroxylation is 4. The Labute approximate surface area is 210 Å². The molecular weight excluding hydrogens is 478 g/mol. The molecule has 0 saturated carbocycles. The third-order valence-electron chi connectivity index (χ3n) is 6.00. The van der Waals surface area contributed by atoms with Crippen molar-refractivity contribution in [3.8, 4) is 0 Å². The number of hydrogen-bond acceptors (Lipinski definition) is 2. The maximum absolute atomic E-state index is 13.7. The molecule has 0 aromatic heterocycles. The van der Waals surface area contributed by atoms with Crippen LogP contribution >= 0.6 is 0 Å². The predicted molar refractivity (Wildman–Crippen MR) is 143 cm³/mol. The number of sulfonamides is 1. The minimum atomic E-state index is -3.63. The average Bonchev–Trinajstić information content (AvgIpc) is 3.15. The summed E-state index contributed by atoms with van der Waals surface area (Å²) in [5, 5.41) is 7.00. The third-order valence-corrected chi connectivity index (χ3v) is 16.5. The molecule has 1 N–H and O–H groups in total. The minimum Gasteiger partial charge on any atom is -0.668 e. The van der Waals surface area contributed by atoms with E-state index in [0.717, 1.165) is 16.7 Å². The second kappa shape index (κ2) is 11.5. The monoisotopic (exact) mass is 517 g/mol. The van der Waals surface area contributed by atoms with Crippen LogP contribution < -0.4 is 10.9 Å². The van der Waals surface area contributed by atoms with E-state index >= 15 is 0 Å². The number of benzene rings is 2. The number of hydrogen-bond donors (Lipinski definition) is 1. The van der Waals surface area contributed by atoms with E-state index in [-0.39, 0.29) is 5.92 Å². The van der Waals surface area contributed by atoms with Gasteiger partial charge in [0, 0.05) is 0 Å². The Hall–Kier alpha value is -1.54. The van der Waals surface area contributed by atoms with Gasteiger partial charge in [-0.2, -0.15) is 28.2 Å². The quantitative estimate of drug-likeness (QED) is 0.583. The summed E-state index contributed by atoms with van der Waals surface area (Å²) in [6, 6.07) is 10.3. The molecule has 0 spiro atoms. The van der Waals surface area contributed by atoms with Crippen LogP contribution in [-0.2, 0) is 26.9 Å². The van der Waals surface area contributed by atoms with Gasteiger partial charge in [0.1, 0.15) is 0 Å². The largest absolute Gasteiger partial charge is 0.668 e. The molecule has 4 rings (SSSR count). The Bertz CT molecular complexity index is 1190. The summed E-state index contributed by atoms with van der Waals surface area (Å²) in [6.07, 6.45) is 4.34. The van der Waals surface area contributed by atoms with Crippen molar-refractivity contribution in [3.05, 3.63) is 84.8 Å². The van der Waals surface area contributed by atoms with Crippen molar-refractivity contribution >= 4 is 17.8 Å². The van der Waals surface area contributed by atoms with Crippen LogP contribution in [0.2, 0.25) is 0 Å². The maximum Gasteiger partial charge on any atom is -0.162 e. The normalized spacial score (nSPS) is 18.4. The van der Waals surface area contributed by atoms with E-state index < -0.39 is 26.9 Å². The predicted octanol–water partition coefficient (Wildman–Crippen LogP) is 4.95. The summed E-state index contributed by atoms with van der Waals surface area (Å²) in [4.78, 5) is 0.439. The van der Waals surface area contributed by atoms with E-state index in [4.69, 9.17) is 0 Å². The van der Waals surface area contributed by atoms with Crippen molar-refractivity contribution in [1.29, 1.82) is 0 Å². The van der Waals surface area contributed by atoms with Crippen molar-refractivity contribution in [2.24, 2.45) is 5.92 Å². The SMILES string of the molecule is CC1=[C]([Ti+2]2([NH]S(=O)(=O)c3c(C)cc(C)cc3C)[c]3ccc(C)c[c]32)C(C)C=C1.C[N-]C.C[N-]C. The molecule has 34 heavy (non-hydrogen) atoms. The first kappa shape index (κ1) is 28.7. The van der Waals surface area contributed by atoms with Crippen molar-refractivity contribution in [1.82, 2.24) is 3.20 Å². The number of rotatable bonds is 4. The van der Waals surface area contributed by atoms with Crippen LogP contribution in [0.4, 0.5) is 0 Å². The fourth-order valence-corrected chi connectivity index (χ4v) is 17.1.